The summed E-state index contributed by atoms with van der Waals surface area (Å²) in [5.74, 6) is 2.59. The van der Waals surface area contributed by atoms with Crippen molar-refractivity contribution < 1.29 is 4.74 Å². The Kier molecular flexibility index (Phi) is 7.42. The number of pyridine rings is 2. The first-order valence-corrected chi connectivity index (χ1v) is 14.7. The van der Waals surface area contributed by atoms with Gasteiger partial charge in [-0.3, -0.25) is 9.88 Å². The highest BCUT2D eigenvalue weighted by Crippen LogP contribution is 2.33. The van der Waals surface area contributed by atoms with Crippen LogP contribution in [0.3, 0.4) is 0 Å². The second-order valence-corrected chi connectivity index (χ2v) is 11.7. The van der Waals surface area contributed by atoms with Gasteiger partial charge in [0.15, 0.2) is 5.13 Å². The molecule has 4 heterocycles. The van der Waals surface area contributed by atoms with Gasteiger partial charge in [0.1, 0.15) is 17.3 Å². The third-order valence-corrected chi connectivity index (χ3v) is 8.62. The van der Waals surface area contributed by atoms with E-state index in [9.17, 15) is 0 Å². The van der Waals surface area contributed by atoms with Gasteiger partial charge in [0, 0.05) is 68.4 Å². The lowest BCUT2D eigenvalue weighted by Crippen LogP contribution is -2.49. The van der Waals surface area contributed by atoms with Crippen molar-refractivity contribution in [2.75, 3.05) is 36.4 Å². The van der Waals surface area contributed by atoms with Crippen LogP contribution in [0.2, 0.25) is 0 Å². The van der Waals surface area contributed by atoms with Crippen LogP contribution in [0.4, 0.5) is 10.9 Å². The Balaban J connectivity index is 1.12. The Morgan fingerprint density at radius 1 is 0.921 bits per heavy atom. The minimum Gasteiger partial charge on any atom is -0.457 e. The van der Waals surface area contributed by atoms with E-state index in [1.54, 1.807) is 17.5 Å². The maximum absolute atomic E-state index is 6.24. The summed E-state index contributed by atoms with van der Waals surface area (Å²) < 4.78 is 7.37. The number of rotatable bonds is 7. The summed E-state index contributed by atoms with van der Waals surface area (Å²) in [6.45, 7) is 8.69. The molecule has 0 amide bonds. The molecule has 1 aliphatic carbocycles. The fourth-order valence-corrected chi connectivity index (χ4v) is 6.38. The van der Waals surface area contributed by atoms with Crippen LogP contribution in [0.25, 0.3) is 21.5 Å². The zero-order valence-corrected chi connectivity index (χ0v) is 23.1. The van der Waals surface area contributed by atoms with Crippen molar-refractivity contribution in [1.82, 2.24) is 19.9 Å². The third-order valence-electron chi connectivity index (χ3n) is 7.67. The van der Waals surface area contributed by atoms with Crippen LogP contribution in [0.1, 0.15) is 46.0 Å². The highest BCUT2D eigenvalue weighted by Gasteiger charge is 2.20. The average molecular weight is 529 g/mol. The van der Waals surface area contributed by atoms with Gasteiger partial charge in [-0.2, -0.15) is 0 Å². The van der Waals surface area contributed by atoms with Gasteiger partial charge < -0.3 is 15.0 Å². The zero-order valence-electron chi connectivity index (χ0n) is 22.3. The summed E-state index contributed by atoms with van der Waals surface area (Å²) in [5, 5.41) is 4.65. The van der Waals surface area contributed by atoms with Gasteiger partial charge in [-0.25, -0.2) is 9.97 Å². The first-order chi connectivity index (χ1) is 18.6. The van der Waals surface area contributed by atoms with Crippen molar-refractivity contribution in [2.45, 2.75) is 58.0 Å². The van der Waals surface area contributed by atoms with Gasteiger partial charge in [0.2, 0.25) is 0 Å². The second-order valence-electron chi connectivity index (χ2n) is 10.6. The molecule has 0 atom stereocenters. The number of hydrogen-bond donors (Lipinski definition) is 1. The lowest BCUT2D eigenvalue weighted by Gasteiger charge is -2.37. The first kappa shape index (κ1) is 25.1. The van der Waals surface area contributed by atoms with Crippen molar-refractivity contribution >= 4 is 32.5 Å². The number of ether oxygens (including phenoxy) is 1. The molecule has 0 spiro atoms. The Hall–Kier alpha value is -3.23. The van der Waals surface area contributed by atoms with Crippen LogP contribution in [-0.4, -0.2) is 58.1 Å². The number of nitrogens with one attached hydrogen (secondary N) is 1. The van der Waals surface area contributed by atoms with Crippen molar-refractivity contribution in [2.24, 2.45) is 0 Å². The Morgan fingerprint density at radius 3 is 2.50 bits per heavy atom. The minimum absolute atomic E-state index is 0.550. The number of hydrogen-bond acceptors (Lipinski definition) is 8. The highest BCUT2D eigenvalue weighted by molar-refractivity contribution is 7.22. The number of anilines is 2. The molecule has 0 bridgehead atoms. The van der Waals surface area contributed by atoms with E-state index >= 15 is 0 Å². The molecule has 3 aromatic heterocycles. The summed E-state index contributed by atoms with van der Waals surface area (Å²) in [5.41, 5.74) is 2.84. The van der Waals surface area contributed by atoms with Gasteiger partial charge in [-0.05, 0) is 57.0 Å². The molecule has 7 nitrogen and oxygen atoms in total. The number of benzene rings is 1. The Labute approximate surface area is 228 Å². The fraction of sp³-hybridized carbons (Fsp3) is 0.433. The standard InChI is InChI=1S/C30H36N6OS/c1-21(2)35-14-16-36(17-15-35)29-11-8-22(20-32-29)27-18-25(12-13-31-27)37-24-9-10-26-28(19-24)38-30(34-26)33-23-6-4-3-5-7-23/h8-13,18-21,23H,3-7,14-17H2,1-2H3,(H,33,34). The highest BCUT2D eigenvalue weighted by atomic mass is 32.1. The van der Waals surface area contributed by atoms with E-state index in [0.717, 1.165) is 70.1 Å². The van der Waals surface area contributed by atoms with Crippen LogP contribution in [-0.2, 0) is 0 Å². The summed E-state index contributed by atoms with van der Waals surface area (Å²) in [4.78, 5) is 19.0. The quantitative estimate of drug-likeness (QED) is 0.282. The number of thiazole rings is 1. The monoisotopic (exact) mass is 528 g/mol. The molecule has 1 saturated heterocycles. The molecule has 1 saturated carbocycles. The molecule has 8 heteroatoms. The summed E-state index contributed by atoms with van der Waals surface area (Å²) >= 11 is 1.70. The van der Waals surface area contributed by atoms with Crippen molar-refractivity contribution in [3.8, 4) is 22.8 Å². The summed E-state index contributed by atoms with van der Waals surface area (Å²) in [6, 6.07) is 15.3. The third kappa shape index (κ3) is 5.76. The minimum atomic E-state index is 0.550. The smallest absolute Gasteiger partial charge is 0.184 e. The molecule has 2 aliphatic rings. The molecule has 1 aromatic carbocycles. The predicted octanol–water partition coefficient (Wildman–Crippen LogP) is 6.82. The fourth-order valence-electron chi connectivity index (χ4n) is 5.41. The van der Waals surface area contributed by atoms with E-state index in [4.69, 9.17) is 14.7 Å². The lowest BCUT2D eigenvalue weighted by atomic mass is 9.96. The van der Waals surface area contributed by atoms with Crippen LogP contribution in [0.5, 0.6) is 11.5 Å². The second kappa shape index (κ2) is 11.3. The van der Waals surface area contributed by atoms with Gasteiger partial charge >= 0.3 is 0 Å². The molecule has 2 fully saturated rings. The van der Waals surface area contributed by atoms with E-state index in [1.807, 2.05) is 30.5 Å². The Bertz CT molecular complexity index is 1360. The average Bonchev–Trinajstić information content (AvgIpc) is 3.35. The van der Waals surface area contributed by atoms with Crippen LogP contribution >= 0.6 is 11.3 Å². The van der Waals surface area contributed by atoms with E-state index in [1.165, 1.54) is 32.1 Å². The molecule has 1 N–H and O–H groups in total. The molecular formula is C30H36N6OS. The SMILES string of the molecule is CC(C)N1CCN(c2ccc(-c3cc(Oc4ccc5nc(NC6CCCCC6)sc5c4)ccn3)cn2)CC1. The van der Waals surface area contributed by atoms with Gasteiger partial charge in [0.05, 0.1) is 15.9 Å². The normalized spacial score (nSPS) is 17.3. The van der Waals surface area contributed by atoms with Crippen LogP contribution in [0, 0.1) is 0 Å². The lowest BCUT2D eigenvalue weighted by molar-refractivity contribution is 0.209. The molecule has 4 aromatic rings. The van der Waals surface area contributed by atoms with Crippen LogP contribution in [0.15, 0.2) is 54.9 Å². The predicted molar refractivity (Wildman–Crippen MR) is 157 cm³/mol. The van der Waals surface area contributed by atoms with E-state index < -0.39 is 0 Å². The number of aromatic nitrogens is 3. The van der Waals surface area contributed by atoms with Crippen molar-refractivity contribution in [3.05, 3.63) is 54.9 Å². The molecule has 0 unspecified atom stereocenters. The maximum atomic E-state index is 6.24. The summed E-state index contributed by atoms with van der Waals surface area (Å²) in [7, 11) is 0. The van der Waals surface area contributed by atoms with Crippen molar-refractivity contribution in [1.29, 1.82) is 0 Å². The van der Waals surface area contributed by atoms with E-state index in [0.29, 0.717) is 12.1 Å². The van der Waals surface area contributed by atoms with Gasteiger partial charge in [0.25, 0.3) is 0 Å². The molecule has 198 valence electrons. The zero-order chi connectivity index (χ0) is 25.9. The first-order valence-electron chi connectivity index (χ1n) is 13.9. The number of nitrogens with zero attached hydrogens (tertiary/aromatic N) is 5. The van der Waals surface area contributed by atoms with Gasteiger partial charge in [-0.1, -0.05) is 30.6 Å². The van der Waals surface area contributed by atoms with E-state index in [2.05, 4.69) is 52.1 Å². The van der Waals surface area contributed by atoms with Crippen molar-refractivity contribution in [3.63, 3.8) is 0 Å². The maximum Gasteiger partial charge on any atom is 0.184 e. The topological polar surface area (TPSA) is 66.4 Å². The number of piperazine rings is 1. The summed E-state index contributed by atoms with van der Waals surface area (Å²) in [6.07, 6.45) is 10.2. The number of fused-ring (bicyclic) bond motifs is 1. The molecule has 1 aliphatic heterocycles. The molecule has 6 rings (SSSR count). The van der Waals surface area contributed by atoms with E-state index in [-0.39, 0.29) is 0 Å². The Morgan fingerprint density at radius 2 is 1.74 bits per heavy atom. The molecular weight excluding hydrogens is 492 g/mol. The van der Waals surface area contributed by atoms with Gasteiger partial charge in [-0.15, -0.1) is 0 Å². The largest absolute Gasteiger partial charge is 0.457 e. The van der Waals surface area contributed by atoms with Crippen LogP contribution < -0.4 is 15.0 Å². The molecule has 38 heavy (non-hydrogen) atoms. The molecule has 0 radical (unpaired) electrons.